The molecule has 0 aromatic heterocycles. The first-order valence-corrected chi connectivity index (χ1v) is 22.6. The van der Waals surface area contributed by atoms with Crippen LogP contribution in [0.2, 0.25) is 0 Å². The van der Waals surface area contributed by atoms with Gasteiger partial charge in [0.1, 0.15) is 42.3 Å². The van der Waals surface area contributed by atoms with E-state index in [0.29, 0.717) is 12.2 Å². The van der Waals surface area contributed by atoms with Crippen molar-refractivity contribution in [2.75, 3.05) is 32.2 Å². The summed E-state index contributed by atoms with van der Waals surface area (Å²) in [7, 11) is 1.35. The van der Waals surface area contributed by atoms with Gasteiger partial charge in [-0.1, -0.05) is 73.6 Å². The fourth-order valence-electron chi connectivity index (χ4n) is 7.00. The van der Waals surface area contributed by atoms with Crippen molar-refractivity contribution < 1.29 is 43.5 Å². The maximum atomic E-state index is 14.2. The Kier molecular flexibility index (Phi) is 23.3. The van der Waals surface area contributed by atoms with E-state index >= 15 is 0 Å². The third kappa shape index (κ3) is 19.2. The van der Waals surface area contributed by atoms with E-state index in [4.69, 9.17) is 17.2 Å². The number of nitrogens with one attached hydrogen (secondary N) is 6. The molecule has 13 N–H and O–H groups in total. The van der Waals surface area contributed by atoms with Crippen LogP contribution >= 0.6 is 11.8 Å². The zero-order valence-corrected chi connectivity index (χ0v) is 39.2. The molecule has 0 spiro atoms. The Bertz CT molecular complexity index is 1570. The van der Waals surface area contributed by atoms with Crippen LogP contribution < -0.4 is 49.1 Å². The molecular formula is C41H75N11O9S. The first kappa shape index (κ1) is 55.4. The number of nitrogens with two attached hydrogens (primary N) is 3. The third-order valence-electron chi connectivity index (χ3n) is 10.8. The first-order valence-electron chi connectivity index (χ1n) is 21.2. The molecule has 8 amide bonds. The van der Waals surface area contributed by atoms with Crippen LogP contribution in [0, 0.1) is 16.7 Å². The summed E-state index contributed by atoms with van der Waals surface area (Å²) in [6.45, 7) is 12.3. The van der Waals surface area contributed by atoms with Crippen molar-refractivity contribution in [1.82, 2.24) is 36.8 Å². The number of hydrogen-bond acceptors (Lipinski definition) is 11. The molecule has 1 saturated carbocycles. The first-order chi connectivity index (χ1) is 28.7. The highest BCUT2D eigenvalue weighted by molar-refractivity contribution is 7.98. The maximum Gasteiger partial charge on any atom is 0.245 e. The summed E-state index contributed by atoms with van der Waals surface area (Å²) in [4.78, 5) is 112. The number of likely N-dealkylation sites (N-methyl/N-ethyl adjacent to an activating group) is 1. The predicted octanol–water partition coefficient (Wildman–Crippen LogP) is -0.891. The Morgan fingerprint density at radius 2 is 1.23 bits per heavy atom. The Morgan fingerprint density at radius 3 is 1.73 bits per heavy atom. The van der Waals surface area contributed by atoms with Gasteiger partial charge in [0.05, 0.1) is 6.61 Å². The van der Waals surface area contributed by atoms with Gasteiger partial charge in [0.15, 0.2) is 5.96 Å². The normalized spacial score (nSPS) is 16.7. The highest BCUT2D eigenvalue weighted by Crippen LogP contribution is 2.28. The average molecular weight is 898 g/mol. The lowest BCUT2D eigenvalue weighted by Crippen LogP contribution is -2.62. The van der Waals surface area contributed by atoms with Gasteiger partial charge in [0.25, 0.3) is 0 Å². The Labute approximate surface area is 371 Å². The fourth-order valence-corrected chi connectivity index (χ4v) is 7.47. The lowest BCUT2D eigenvalue weighted by molar-refractivity contribution is -0.143. The number of guanidine groups is 1. The number of amides is 8. The second-order valence-electron chi connectivity index (χ2n) is 18.2. The minimum absolute atomic E-state index is 0.0871. The van der Waals surface area contributed by atoms with Crippen LogP contribution in [-0.2, 0) is 38.4 Å². The summed E-state index contributed by atoms with van der Waals surface area (Å²) in [5.41, 5.74) is 14.8. The summed E-state index contributed by atoms with van der Waals surface area (Å²) < 4.78 is 0. The molecule has 21 heteroatoms. The predicted molar refractivity (Wildman–Crippen MR) is 239 cm³/mol. The number of aliphatic imine (C=N–C) groups is 1. The molecule has 0 aromatic carbocycles. The van der Waals surface area contributed by atoms with Gasteiger partial charge in [0.2, 0.25) is 47.3 Å². The van der Waals surface area contributed by atoms with Crippen molar-refractivity contribution in [2.24, 2.45) is 38.9 Å². The van der Waals surface area contributed by atoms with Crippen LogP contribution in [0.3, 0.4) is 0 Å². The van der Waals surface area contributed by atoms with Crippen molar-refractivity contribution in [3.8, 4) is 0 Å². The van der Waals surface area contributed by atoms with Gasteiger partial charge in [-0.2, -0.15) is 11.8 Å². The van der Waals surface area contributed by atoms with Crippen LogP contribution in [0.25, 0.3) is 0 Å². The highest BCUT2D eigenvalue weighted by atomic mass is 32.2. The summed E-state index contributed by atoms with van der Waals surface area (Å²) in [5.74, 6) is -4.91. The molecule has 354 valence electrons. The SMILES string of the molecule is CSCC[C@H](NC(=O)[C@@H](NC(=O)[C@H](CCCN=C(N)N)NC(=O)[C@H](CC1CCCCC1)NC(C)=O)C(C)(C)C)C(=O)N(C)[C@@H](C)C(=O)N[C@@H](CO)C(=O)N[C@H](C(N)=O)C(C)(C)C. The quantitative estimate of drug-likeness (QED) is 0.0321. The van der Waals surface area contributed by atoms with Crippen molar-refractivity contribution in [2.45, 2.75) is 155 Å². The fraction of sp³-hybridized carbons (Fsp3) is 0.780. The standard InChI is InChI=1S/C41H75N11O9S/c1-23(33(56)49-29(22-53)36(59)50-30(32(42)55)40(3,4)5)52(9)38(61)27(18-20-62-10)48-37(60)31(41(6,7)8)51-34(57)26(17-14-19-45-39(43)44)47-35(58)28(46-24(2)54)21-25-15-12-11-13-16-25/h23,25-31,53H,11-22H2,1-10H3,(H2,42,55)(H,46,54)(H,47,58)(H,48,60)(H,49,56)(H,50,59)(H,51,57)(H4,43,44,45)/t23-,26-,27-,28-,29-,30+,31+/m0/s1. The van der Waals surface area contributed by atoms with E-state index in [0.717, 1.165) is 37.0 Å². The number of carbonyl (C=O) groups excluding carboxylic acids is 8. The van der Waals surface area contributed by atoms with Gasteiger partial charge in [-0.3, -0.25) is 43.3 Å². The van der Waals surface area contributed by atoms with E-state index in [1.807, 2.05) is 6.26 Å². The lowest BCUT2D eigenvalue weighted by atomic mass is 9.84. The topological polar surface area (TPSA) is 323 Å². The number of nitrogens with zero attached hydrogens (tertiary/aromatic N) is 2. The number of rotatable bonds is 24. The molecule has 0 aromatic rings. The van der Waals surface area contributed by atoms with Gasteiger partial charge in [-0.05, 0) is 61.4 Å². The molecule has 20 nitrogen and oxygen atoms in total. The Morgan fingerprint density at radius 1 is 0.710 bits per heavy atom. The van der Waals surface area contributed by atoms with Gasteiger partial charge in [-0.25, -0.2) is 0 Å². The molecule has 1 aliphatic rings. The second kappa shape index (κ2) is 26.1. The molecule has 1 rings (SSSR count). The number of primary amides is 1. The molecule has 0 aliphatic heterocycles. The maximum absolute atomic E-state index is 14.2. The number of aliphatic hydroxyl groups excluding tert-OH is 1. The summed E-state index contributed by atoms with van der Waals surface area (Å²) in [6.07, 6.45) is 7.78. The van der Waals surface area contributed by atoms with Crippen molar-refractivity contribution in [3.05, 3.63) is 0 Å². The summed E-state index contributed by atoms with van der Waals surface area (Å²) >= 11 is 1.42. The van der Waals surface area contributed by atoms with Gasteiger partial charge < -0.3 is 59.1 Å². The van der Waals surface area contributed by atoms with E-state index < -0.39 is 107 Å². The lowest BCUT2D eigenvalue weighted by Gasteiger charge is -2.34. The number of aliphatic hydroxyl groups is 1. The molecule has 0 bridgehead atoms. The van der Waals surface area contributed by atoms with Gasteiger partial charge in [0, 0.05) is 20.5 Å². The minimum Gasteiger partial charge on any atom is -0.394 e. The number of carbonyl (C=O) groups is 8. The second-order valence-corrected chi connectivity index (χ2v) is 19.2. The van der Waals surface area contributed by atoms with Crippen molar-refractivity contribution in [3.63, 3.8) is 0 Å². The van der Waals surface area contributed by atoms with E-state index in [2.05, 4.69) is 36.9 Å². The average Bonchev–Trinajstić information content (AvgIpc) is 3.18. The Balaban J connectivity index is 3.32. The third-order valence-corrected chi connectivity index (χ3v) is 11.4. The zero-order chi connectivity index (χ0) is 47.5. The van der Waals surface area contributed by atoms with E-state index in [-0.39, 0.29) is 37.7 Å². The smallest absolute Gasteiger partial charge is 0.245 e. The molecule has 1 fully saturated rings. The van der Waals surface area contributed by atoms with E-state index in [9.17, 15) is 43.5 Å². The summed E-state index contributed by atoms with van der Waals surface area (Å²) in [6, 6.07) is -8.21. The van der Waals surface area contributed by atoms with Crippen molar-refractivity contribution >= 4 is 65.0 Å². The Hall–Kier alpha value is -4.66. The van der Waals surface area contributed by atoms with Crippen LogP contribution in [0.1, 0.15) is 113 Å². The molecule has 0 unspecified atom stereocenters. The summed E-state index contributed by atoms with van der Waals surface area (Å²) in [5, 5.41) is 25.9. The van der Waals surface area contributed by atoms with Crippen LogP contribution in [0.5, 0.6) is 0 Å². The molecule has 0 heterocycles. The van der Waals surface area contributed by atoms with Gasteiger partial charge in [-0.15, -0.1) is 0 Å². The molecule has 0 saturated heterocycles. The molecule has 1 aliphatic carbocycles. The van der Waals surface area contributed by atoms with E-state index in [1.165, 1.54) is 32.7 Å². The van der Waals surface area contributed by atoms with Gasteiger partial charge >= 0.3 is 0 Å². The molecule has 7 atom stereocenters. The van der Waals surface area contributed by atoms with Crippen LogP contribution in [0.15, 0.2) is 4.99 Å². The van der Waals surface area contributed by atoms with Crippen molar-refractivity contribution in [1.29, 1.82) is 0 Å². The van der Waals surface area contributed by atoms with Crippen LogP contribution in [-0.4, -0.2) is 138 Å². The molecular weight excluding hydrogens is 823 g/mol. The monoisotopic (exact) mass is 898 g/mol. The largest absolute Gasteiger partial charge is 0.394 e. The molecule has 62 heavy (non-hydrogen) atoms. The number of thioether (sulfide) groups is 1. The number of hydrogen-bond donors (Lipinski definition) is 10. The highest BCUT2D eigenvalue weighted by Gasteiger charge is 2.39. The zero-order valence-electron chi connectivity index (χ0n) is 38.4. The van der Waals surface area contributed by atoms with E-state index in [1.54, 1.807) is 41.5 Å². The minimum atomic E-state index is -1.48. The molecule has 0 radical (unpaired) electrons. The van der Waals surface area contributed by atoms with Crippen LogP contribution in [0.4, 0.5) is 0 Å².